The second-order valence-electron chi connectivity index (χ2n) is 8.25. The van der Waals surface area contributed by atoms with Crippen LogP contribution in [0.2, 0.25) is 0 Å². The van der Waals surface area contributed by atoms with E-state index in [4.69, 9.17) is 4.74 Å². The van der Waals surface area contributed by atoms with Crippen LogP contribution in [0.3, 0.4) is 0 Å². The fraction of sp³-hybridized carbons (Fsp3) is 0.400. The molecule has 0 atom stereocenters. The number of nitrogens with one attached hydrogen (secondary N) is 1. The zero-order valence-electron chi connectivity index (χ0n) is 19.1. The Kier molecular flexibility index (Phi) is 7.67. The molecule has 1 fully saturated rings. The molecule has 0 spiro atoms. The molecule has 2 heterocycles. The number of amides is 1. The lowest BCUT2D eigenvalue weighted by Crippen LogP contribution is -2.28. The number of aryl methyl sites for hydroxylation is 1. The van der Waals surface area contributed by atoms with Crippen molar-refractivity contribution in [2.24, 2.45) is 5.92 Å². The molecule has 33 heavy (non-hydrogen) atoms. The van der Waals surface area contributed by atoms with Gasteiger partial charge in [0, 0.05) is 41.2 Å². The van der Waals surface area contributed by atoms with Gasteiger partial charge in [0.1, 0.15) is 5.82 Å². The molecule has 0 aliphatic carbocycles. The van der Waals surface area contributed by atoms with Crippen molar-refractivity contribution in [2.75, 3.05) is 18.5 Å². The molecule has 1 aliphatic heterocycles. The van der Waals surface area contributed by atoms with Gasteiger partial charge < -0.3 is 10.1 Å². The van der Waals surface area contributed by atoms with E-state index in [1.165, 1.54) is 4.68 Å². The van der Waals surface area contributed by atoms with Gasteiger partial charge in [-0.25, -0.2) is 4.79 Å². The lowest BCUT2D eigenvalue weighted by molar-refractivity contribution is -0.122. The number of hydrogen-bond donors (Lipinski definition) is 1. The molecule has 3 aromatic rings. The molecule has 1 aliphatic rings. The summed E-state index contributed by atoms with van der Waals surface area (Å²) in [5.41, 5.74) is 1.45. The lowest BCUT2D eigenvalue weighted by Gasteiger charge is -2.21. The standard InChI is InChI=1S/C25H30N4O3S/c1-3-4-14-28-18(2)27-29(25(28)31)21-8-10-22(11-9-21)33-23-7-5-6-20(17-23)26-24(30)19-12-15-32-16-13-19/h5-11,17,19H,3-4,12-16H2,1-2H3,(H,26,30). The van der Waals surface area contributed by atoms with Crippen molar-refractivity contribution in [1.82, 2.24) is 14.3 Å². The minimum absolute atomic E-state index is 0.0140. The van der Waals surface area contributed by atoms with Crippen LogP contribution in [0.15, 0.2) is 63.1 Å². The van der Waals surface area contributed by atoms with Crippen LogP contribution in [0, 0.1) is 12.8 Å². The van der Waals surface area contributed by atoms with E-state index in [-0.39, 0.29) is 17.5 Å². The topological polar surface area (TPSA) is 78.2 Å². The highest BCUT2D eigenvalue weighted by Crippen LogP contribution is 2.30. The Morgan fingerprint density at radius 3 is 2.64 bits per heavy atom. The normalized spacial score (nSPS) is 14.4. The number of carbonyl (C=O) groups excluding carboxylic acids is 1. The maximum absolute atomic E-state index is 12.7. The van der Waals surface area contributed by atoms with Gasteiger partial charge in [-0.15, -0.1) is 0 Å². The van der Waals surface area contributed by atoms with Crippen LogP contribution >= 0.6 is 11.8 Å². The SMILES string of the molecule is CCCCn1c(C)nn(-c2ccc(Sc3cccc(NC(=O)C4CCOCC4)c3)cc2)c1=O. The van der Waals surface area contributed by atoms with E-state index in [1.54, 1.807) is 16.3 Å². The molecule has 0 saturated carbocycles. The predicted octanol–water partition coefficient (Wildman–Crippen LogP) is 4.66. The number of aromatic nitrogens is 3. The summed E-state index contributed by atoms with van der Waals surface area (Å²) in [5, 5.41) is 7.48. The predicted molar refractivity (Wildman–Crippen MR) is 130 cm³/mol. The van der Waals surface area contributed by atoms with Crippen LogP contribution in [-0.4, -0.2) is 33.5 Å². The van der Waals surface area contributed by atoms with E-state index >= 15 is 0 Å². The molecule has 8 heteroatoms. The quantitative estimate of drug-likeness (QED) is 0.522. The van der Waals surface area contributed by atoms with Gasteiger partial charge in [0.25, 0.3) is 0 Å². The van der Waals surface area contributed by atoms with Crippen LogP contribution in [0.25, 0.3) is 5.69 Å². The third kappa shape index (κ3) is 5.75. The summed E-state index contributed by atoms with van der Waals surface area (Å²) in [5.74, 6) is 0.801. The van der Waals surface area contributed by atoms with Crippen LogP contribution in [-0.2, 0) is 16.1 Å². The van der Waals surface area contributed by atoms with Gasteiger partial charge in [-0.2, -0.15) is 9.78 Å². The summed E-state index contributed by atoms with van der Waals surface area (Å²) >= 11 is 1.61. The second kappa shape index (κ2) is 10.9. The Balaban J connectivity index is 1.43. The number of hydrogen-bond acceptors (Lipinski definition) is 5. The first-order chi connectivity index (χ1) is 16.0. The van der Waals surface area contributed by atoms with E-state index in [0.29, 0.717) is 19.8 Å². The molecular weight excluding hydrogens is 436 g/mol. The van der Waals surface area contributed by atoms with Crippen molar-refractivity contribution in [2.45, 2.75) is 55.9 Å². The van der Waals surface area contributed by atoms with Crippen LogP contribution in [0.4, 0.5) is 5.69 Å². The molecule has 1 amide bonds. The molecule has 1 N–H and O–H groups in total. The average molecular weight is 467 g/mol. The van der Waals surface area contributed by atoms with Gasteiger partial charge in [0.15, 0.2) is 0 Å². The molecule has 0 radical (unpaired) electrons. The molecule has 174 valence electrons. The number of carbonyl (C=O) groups is 1. The number of unbranched alkanes of at least 4 members (excludes halogenated alkanes) is 1. The molecule has 4 rings (SSSR count). The fourth-order valence-corrected chi connectivity index (χ4v) is 4.75. The summed E-state index contributed by atoms with van der Waals surface area (Å²) in [6.07, 6.45) is 3.53. The molecule has 1 saturated heterocycles. The van der Waals surface area contributed by atoms with Gasteiger partial charge >= 0.3 is 5.69 Å². The van der Waals surface area contributed by atoms with Crippen molar-refractivity contribution >= 4 is 23.4 Å². The number of anilines is 1. The smallest absolute Gasteiger partial charge is 0.350 e. The Morgan fingerprint density at radius 2 is 1.91 bits per heavy atom. The molecule has 7 nitrogen and oxygen atoms in total. The first kappa shape index (κ1) is 23.3. The Labute approximate surface area is 198 Å². The third-order valence-electron chi connectivity index (χ3n) is 5.79. The Morgan fingerprint density at radius 1 is 1.15 bits per heavy atom. The summed E-state index contributed by atoms with van der Waals surface area (Å²) in [4.78, 5) is 27.3. The van der Waals surface area contributed by atoms with E-state index in [2.05, 4.69) is 17.3 Å². The van der Waals surface area contributed by atoms with Gasteiger partial charge in [0.05, 0.1) is 5.69 Å². The number of nitrogens with zero attached hydrogens (tertiary/aromatic N) is 3. The van der Waals surface area contributed by atoms with Crippen molar-refractivity contribution in [3.8, 4) is 5.69 Å². The molecular formula is C25H30N4O3S. The average Bonchev–Trinajstić information content (AvgIpc) is 3.12. The largest absolute Gasteiger partial charge is 0.381 e. The highest BCUT2D eigenvalue weighted by atomic mass is 32.2. The summed E-state index contributed by atoms with van der Waals surface area (Å²) < 4.78 is 8.54. The van der Waals surface area contributed by atoms with E-state index in [9.17, 15) is 9.59 Å². The maximum atomic E-state index is 12.7. The van der Waals surface area contributed by atoms with Crippen LogP contribution in [0.1, 0.15) is 38.4 Å². The monoisotopic (exact) mass is 466 g/mol. The Hall–Kier alpha value is -2.84. The summed E-state index contributed by atoms with van der Waals surface area (Å²) in [6, 6.07) is 15.7. The third-order valence-corrected chi connectivity index (χ3v) is 6.79. The van der Waals surface area contributed by atoms with Crippen molar-refractivity contribution in [3.63, 3.8) is 0 Å². The molecule has 0 unspecified atom stereocenters. The first-order valence-corrected chi connectivity index (χ1v) is 12.3. The van der Waals surface area contributed by atoms with Crippen LogP contribution < -0.4 is 11.0 Å². The fourth-order valence-electron chi connectivity index (χ4n) is 3.87. The van der Waals surface area contributed by atoms with Gasteiger partial charge in [-0.05, 0) is 68.7 Å². The van der Waals surface area contributed by atoms with E-state index in [0.717, 1.165) is 52.7 Å². The molecule has 0 bridgehead atoms. The van der Waals surface area contributed by atoms with Gasteiger partial charge in [-0.1, -0.05) is 31.2 Å². The number of ether oxygens (including phenoxy) is 1. The Bertz CT molecular complexity index is 1150. The van der Waals surface area contributed by atoms with Crippen LogP contribution in [0.5, 0.6) is 0 Å². The lowest BCUT2D eigenvalue weighted by atomic mass is 9.99. The zero-order chi connectivity index (χ0) is 23.2. The highest BCUT2D eigenvalue weighted by Gasteiger charge is 2.21. The van der Waals surface area contributed by atoms with E-state index < -0.39 is 0 Å². The second-order valence-corrected chi connectivity index (χ2v) is 9.39. The summed E-state index contributed by atoms with van der Waals surface area (Å²) in [6.45, 7) is 5.96. The van der Waals surface area contributed by atoms with Gasteiger partial charge in [0.2, 0.25) is 5.91 Å². The number of benzene rings is 2. The zero-order valence-corrected chi connectivity index (χ0v) is 19.9. The minimum Gasteiger partial charge on any atom is -0.381 e. The molecule has 2 aromatic carbocycles. The number of rotatable bonds is 8. The maximum Gasteiger partial charge on any atom is 0.350 e. The van der Waals surface area contributed by atoms with Crippen molar-refractivity contribution in [1.29, 1.82) is 0 Å². The van der Waals surface area contributed by atoms with Crippen molar-refractivity contribution < 1.29 is 9.53 Å². The van der Waals surface area contributed by atoms with Crippen molar-refractivity contribution in [3.05, 3.63) is 64.8 Å². The van der Waals surface area contributed by atoms with E-state index in [1.807, 2.05) is 55.5 Å². The first-order valence-electron chi connectivity index (χ1n) is 11.5. The molecule has 1 aromatic heterocycles. The minimum atomic E-state index is -0.102. The highest BCUT2D eigenvalue weighted by molar-refractivity contribution is 7.99. The summed E-state index contributed by atoms with van der Waals surface area (Å²) in [7, 11) is 0. The van der Waals surface area contributed by atoms with Gasteiger partial charge in [-0.3, -0.25) is 9.36 Å².